The molecule has 0 fully saturated rings. The SMILES string of the molecule is CC/C=C\C/C=C\C/C=C\C/C=C\C/C=C\CCCCCCCCCC(=O)OCC(COP(=O)(O)OCC(O)COP(=O)(O)OCC(O)COC(=O)CCCCCCCCCCC/C=C\C/C=C\C/C=C\C/C=C\CCCCC)OC(=O)CCC/C=C\C/C=C\C/C=C\C/C=C\C/C=C\CC. The van der Waals surface area contributed by atoms with E-state index in [1.54, 1.807) is 0 Å². The maximum absolute atomic E-state index is 13.0. The number of phosphoric ester groups is 2. The molecule has 101 heavy (non-hydrogen) atoms. The van der Waals surface area contributed by atoms with Gasteiger partial charge in [0.1, 0.15) is 25.4 Å². The Balaban J connectivity index is 4.70. The number of hydrogen-bond acceptors (Lipinski definition) is 14. The van der Waals surface area contributed by atoms with Gasteiger partial charge in [0.15, 0.2) is 6.10 Å². The van der Waals surface area contributed by atoms with Crippen LogP contribution in [0.15, 0.2) is 170 Å². The van der Waals surface area contributed by atoms with Crippen LogP contribution in [0.4, 0.5) is 0 Å². The van der Waals surface area contributed by atoms with Gasteiger partial charge in [-0.3, -0.25) is 32.5 Å². The number of carbonyl (C=O) groups is 3. The molecule has 0 saturated carbocycles. The van der Waals surface area contributed by atoms with Crippen LogP contribution < -0.4 is 0 Å². The Bertz CT molecular complexity index is 2520. The van der Waals surface area contributed by atoms with E-state index in [1.807, 2.05) is 12.2 Å². The van der Waals surface area contributed by atoms with Gasteiger partial charge in [-0.2, -0.15) is 0 Å². The van der Waals surface area contributed by atoms with Crippen molar-refractivity contribution in [1.29, 1.82) is 0 Å². The molecule has 5 atom stereocenters. The molecule has 0 aliphatic rings. The highest BCUT2D eigenvalue weighted by atomic mass is 31.2. The molecule has 0 bridgehead atoms. The molecule has 0 saturated heterocycles. The lowest BCUT2D eigenvalue weighted by atomic mass is 10.1. The Kier molecular flexibility index (Phi) is 70.9. The topological polar surface area (TPSA) is 231 Å². The van der Waals surface area contributed by atoms with Gasteiger partial charge < -0.3 is 34.2 Å². The second kappa shape index (κ2) is 74.6. The second-order valence-electron chi connectivity index (χ2n) is 25.0. The summed E-state index contributed by atoms with van der Waals surface area (Å²) in [5.41, 5.74) is 0. The molecule has 574 valence electrons. The first-order valence-corrected chi connectivity index (χ1v) is 41.4. The van der Waals surface area contributed by atoms with Gasteiger partial charge in [0, 0.05) is 19.3 Å². The molecule has 18 heteroatoms. The molecule has 0 spiro atoms. The lowest BCUT2D eigenvalue weighted by Gasteiger charge is -2.21. The molecule has 16 nitrogen and oxygen atoms in total. The molecule has 0 aliphatic heterocycles. The summed E-state index contributed by atoms with van der Waals surface area (Å²) in [6.07, 6.45) is 94.0. The summed E-state index contributed by atoms with van der Waals surface area (Å²) in [5.74, 6) is -1.67. The summed E-state index contributed by atoms with van der Waals surface area (Å²) in [5, 5.41) is 20.6. The molecule has 0 heterocycles. The minimum Gasteiger partial charge on any atom is -0.463 e. The predicted octanol–water partition coefficient (Wildman–Crippen LogP) is 22.4. The summed E-state index contributed by atoms with van der Waals surface area (Å²) in [6.45, 7) is 2.32. The van der Waals surface area contributed by atoms with Crippen molar-refractivity contribution >= 4 is 33.6 Å². The predicted molar refractivity (Wildman–Crippen MR) is 417 cm³/mol. The Morgan fingerprint density at radius 1 is 0.287 bits per heavy atom. The number of esters is 3. The van der Waals surface area contributed by atoms with E-state index in [2.05, 4.69) is 179 Å². The average Bonchev–Trinajstić information content (AvgIpc) is 0.941. The van der Waals surface area contributed by atoms with Gasteiger partial charge in [0.05, 0.1) is 26.4 Å². The lowest BCUT2D eigenvalue weighted by Crippen LogP contribution is -2.30. The third-order valence-corrected chi connectivity index (χ3v) is 17.3. The highest BCUT2D eigenvalue weighted by Crippen LogP contribution is 2.45. The van der Waals surface area contributed by atoms with Crippen LogP contribution in [0.3, 0.4) is 0 Å². The van der Waals surface area contributed by atoms with Crippen LogP contribution in [-0.2, 0) is 55.8 Å². The van der Waals surface area contributed by atoms with Gasteiger partial charge in [-0.05, 0) is 148 Å². The van der Waals surface area contributed by atoms with Crippen LogP contribution in [0, 0.1) is 0 Å². The fourth-order valence-corrected chi connectivity index (χ4v) is 11.2. The molecular formula is C83H136O16P2. The highest BCUT2D eigenvalue weighted by Gasteiger charge is 2.29. The maximum atomic E-state index is 13.0. The summed E-state index contributed by atoms with van der Waals surface area (Å²) >= 11 is 0. The average molecular weight is 1450 g/mol. The molecule has 0 aliphatic carbocycles. The fraction of sp³-hybridized carbons (Fsp3) is 0.627. The van der Waals surface area contributed by atoms with Crippen molar-refractivity contribution in [2.24, 2.45) is 0 Å². The van der Waals surface area contributed by atoms with Crippen molar-refractivity contribution < 1.29 is 75.8 Å². The molecule has 5 unspecified atom stereocenters. The quantitative estimate of drug-likeness (QED) is 0.0146. The van der Waals surface area contributed by atoms with Crippen LogP contribution >= 0.6 is 15.6 Å². The zero-order valence-electron chi connectivity index (χ0n) is 62.5. The van der Waals surface area contributed by atoms with Gasteiger partial charge in [-0.15, -0.1) is 0 Å². The normalized spacial score (nSPS) is 15.0. The molecule has 0 aromatic rings. The van der Waals surface area contributed by atoms with E-state index in [1.165, 1.54) is 51.4 Å². The van der Waals surface area contributed by atoms with Crippen molar-refractivity contribution in [3.8, 4) is 0 Å². The number of allylic oxidation sites excluding steroid dienone is 28. The van der Waals surface area contributed by atoms with E-state index in [0.717, 1.165) is 161 Å². The van der Waals surface area contributed by atoms with E-state index < -0.39 is 91.5 Å². The standard InChI is InChI=1S/C83H136O16P2/c1-4-7-10-13-16-19-22-25-28-31-33-35-37-38-40-42-43-46-48-51-54-57-60-63-66-69-81(86)93-72-78(84)73-95-100(89,90)96-74-79(85)75-97-101(91,92)98-77-80(99-83(88)71-68-65-62-59-56-53-50-45-30-27-24-21-18-15-12-9-6-3)76-94-82(87)70-67-64-61-58-55-52-49-47-44-41-39-36-34-32-29-26-23-20-17-14-11-8-5-2/h8-9,11-12,16-21,25-30,33-36,38,40-41,44,50,53,59,62,78-80,84-85H,4-7,10,13-15,22-24,31-32,37,39,42-43,45-49,51-52,54-58,60-61,63-77H2,1-3H3,(H,89,90)(H,91,92)/b11-8-,12-9-,19-16-,20-17-,21-18-,28-25-,29-26-,30-27-,35-33-,36-34-,40-38-,44-41-,53-50-,62-59-. The number of unbranched alkanes of at least 4 members (excludes halogenated alkanes) is 20. The molecular weight excluding hydrogens is 1310 g/mol. The summed E-state index contributed by atoms with van der Waals surface area (Å²) < 4.78 is 61.0. The molecule has 0 aromatic heterocycles. The van der Waals surface area contributed by atoms with Gasteiger partial charge in [0.25, 0.3) is 0 Å². The highest BCUT2D eigenvalue weighted by molar-refractivity contribution is 7.47. The number of phosphoric acid groups is 2. The van der Waals surface area contributed by atoms with E-state index >= 15 is 0 Å². The number of ether oxygens (including phenoxy) is 3. The zero-order chi connectivity index (χ0) is 73.7. The number of aliphatic hydroxyl groups is 2. The smallest absolute Gasteiger partial charge is 0.463 e. The number of carbonyl (C=O) groups excluding carboxylic acids is 3. The minimum atomic E-state index is -4.96. The van der Waals surface area contributed by atoms with Crippen LogP contribution in [0.1, 0.15) is 278 Å². The number of aliphatic hydroxyl groups excluding tert-OH is 2. The van der Waals surface area contributed by atoms with Crippen LogP contribution in [-0.4, -0.2) is 95.9 Å². The van der Waals surface area contributed by atoms with Gasteiger partial charge in [-0.25, -0.2) is 9.13 Å². The van der Waals surface area contributed by atoms with E-state index in [4.69, 9.17) is 32.3 Å². The Morgan fingerprint density at radius 2 is 0.535 bits per heavy atom. The van der Waals surface area contributed by atoms with E-state index in [-0.39, 0.29) is 19.3 Å². The summed E-state index contributed by atoms with van der Waals surface area (Å²) in [4.78, 5) is 58.6. The van der Waals surface area contributed by atoms with Crippen LogP contribution in [0.5, 0.6) is 0 Å². The molecule has 0 amide bonds. The molecule has 0 aromatic carbocycles. The third-order valence-electron chi connectivity index (χ3n) is 15.4. The van der Waals surface area contributed by atoms with Gasteiger partial charge in [-0.1, -0.05) is 281 Å². The first-order chi connectivity index (χ1) is 49.2. The Morgan fingerprint density at radius 3 is 0.861 bits per heavy atom. The monoisotopic (exact) mass is 1450 g/mol. The largest absolute Gasteiger partial charge is 0.472 e. The van der Waals surface area contributed by atoms with Crippen molar-refractivity contribution in [1.82, 2.24) is 0 Å². The first kappa shape index (κ1) is 95.9. The number of hydrogen-bond donors (Lipinski definition) is 4. The molecule has 0 radical (unpaired) electrons. The lowest BCUT2D eigenvalue weighted by molar-refractivity contribution is -0.161. The Hall–Kier alpha value is -5.09. The summed E-state index contributed by atoms with van der Waals surface area (Å²) in [7, 11) is -9.83. The van der Waals surface area contributed by atoms with E-state index in [0.29, 0.717) is 25.7 Å². The second-order valence-corrected chi connectivity index (χ2v) is 27.9. The van der Waals surface area contributed by atoms with Crippen LogP contribution in [0.2, 0.25) is 0 Å². The maximum Gasteiger partial charge on any atom is 0.472 e. The Labute approximate surface area is 612 Å². The van der Waals surface area contributed by atoms with Gasteiger partial charge in [0.2, 0.25) is 0 Å². The van der Waals surface area contributed by atoms with E-state index in [9.17, 15) is 43.5 Å². The molecule has 0 rings (SSSR count). The third kappa shape index (κ3) is 75.9. The van der Waals surface area contributed by atoms with Gasteiger partial charge >= 0.3 is 33.6 Å². The first-order valence-electron chi connectivity index (χ1n) is 38.4. The van der Waals surface area contributed by atoms with Crippen molar-refractivity contribution in [2.45, 2.75) is 296 Å². The zero-order valence-corrected chi connectivity index (χ0v) is 64.3. The van der Waals surface area contributed by atoms with Crippen molar-refractivity contribution in [3.05, 3.63) is 170 Å². The fourth-order valence-electron chi connectivity index (χ4n) is 9.62. The molecule has 4 N–H and O–H groups in total. The van der Waals surface area contributed by atoms with Crippen LogP contribution in [0.25, 0.3) is 0 Å². The number of rotatable bonds is 71. The van der Waals surface area contributed by atoms with Crippen molar-refractivity contribution in [2.75, 3.05) is 39.6 Å². The minimum absolute atomic E-state index is 0.0169. The summed E-state index contributed by atoms with van der Waals surface area (Å²) in [6, 6.07) is 0. The van der Waals surface area contributed by atoms with Crippen molar-refractivity contribution in [3.63, 3.8) is 0 Å².